The number of fused-ring (bicyclic) bond motifs is 1. The highest BCUT2D eigenvalue weighted by atomic mass is 16.4. The molecule has 1 aromatic heterocycles. The van der Waals surface area contributed by atoms with Crippen molar-refractivity contribution in [2.24, 2.45) is 7.05 Å². The topological polar surface area (TPSA) is 62.5 Å². The summed E-state index contributed by atoms with van der Waals surface area (Å²) in [5.74, 6) is -1.03. The number of ketones is 1. The molecule has 1 aromatic rings. The van der Waals surface area contributed by atoms with E-state index in [9.17, 15) is 14.7 Å². The van der Waals surface area contributed by atoms with Gasteiger partial charge in [0, 0.05) is 39.1 Å². The van der Waals surface area contributed by atoms with Gasteiger partial charge < -0.3 is 14.6 Å². The van der Waals surface area contributed by atoms with Gasteiger partial charge in [-0.2, -0.15) is 0 Å². The van der Waals surface area contributed by atoms with E-state index in [-0.39, 0.29) is 11.3 Å². The number of Topliss-reactive ketones (excluding diaryl/α,β-unsaturated/α-hetero) is 1. The number of aryl methyl sites for hydroxylation is 1. The number of allylic oxidation sites excluding steroid dienone is 1. The molecule has 1 aliphatic carbocycles. The van der Waals surface area contributed by atoms with Crippen molar-refractivity contribution in [1.82, 2.24) is 9.47 Å². The van der Waals surface area contributed by atoms with Gasteiger partial charge in [0.2, 0.25) is 5.78 Å². The molecule has 0 aliphatic heterocycles. The Labute approximate surface area is 112 Å². The van der Waals surface area contributed by atoms with Gasteiger partial charge in [-0.15, -0.1) is 0 Å². The Morgan fingerprint density at radius 3 is 2.68 bits per heavy atom. The van der Waals surface area contributed by atoms with Crippen LogP contribution in [-0.4, -0.2) is 40.4 Å². The molecule has 0 bridgehead atoms. The van der Waals surface area contributed by atoms with Crippen molar-refractivity contribution in [2.75, 3.05) is 14.1 Å². The molecule has 0 aromatic carbocycles. The van der Waals surface area contributed by atoms with Crippen LogP contribution in [0.25, 0.3) is 0 Å². The van der Waals surface area contributed by atoms with Crippen molar-refractivity contribution >= 4 is 11.8 Å². The van der Waals surface area contributed by atoms with Crippen molar-refractivity contribution in [2.45, 2.75) is 19.3 Å². The Balaban J connectivity index is 2.55. The largest absolute Gasteiger partial charge is 0.478 e. The van der Waals surface area contributed by atoms with Gasteiger partial charge in [-0.05, 0) is 24.8 Å². The number of carboxylic acids is 1. The van der Waals surface area contributed by atoms with E-state index in [0.29, 0.717) is 24.1 Å². The Morgan fingerprint density at radius 2 is 2.11 bits per heavy atom. The predicted octanol–water partition coefficient (Wildman–Crippen LogP) is 1.69. The van der Waals surface area contributed by atoms with Gasteiger partial charge in [-0.1, -0.05) is 0 Å². The summed E-state index contributed by atoms with van der Waals surface area (Å²) in [7, 11) is 5.47. The lowest BCUT2D eigenvalue weighted by Gasteiger charge is -2.10. The Bertz CT molecular complexity index is 567. The van der Waals surface area contributed by atoms with Gasteiger partial charge in [-0.3, -0.25) is 4.79 Å². The smallest absolute Gasteiger partial charge is 0.337 e. The second-order valence-corrected chi connectivity index (χ2v) is 5.09. The summed E-state index contributed by atoms with van der Waals surface area (Å²) in [6.07, 6.45) is 5.47. The van der Waals surface area contributed by atoms with Gasteiger partial charge in [-0.25, -0.2) is 4.79 Å². The van der Waals surface area contributed by atoms with Gasteiger partial charge in [0.25, 0.3) is 0 Å². The fraction of sp³-hybridized carbons (Fsp3) is 0.429. The Hall–Kier alpha value is -2.04. The monoisotopic (exact) mass is 262 g/mol. The van der Waals surface area contributed by atoms with Gasteiger partial charge in [0.15, 0.2) is 0 Å². The van der Waals surface area contributed by atoms with Crippen molar-refractivity contribution in [3.63, 3.8) is 0 Å². The number of nitrogens with zero attached hydrogens (tertiary/aromatic N) is 2. The number of aromatic nitrogens is 1. The van der Waals surface area contributed by atoms with Gasteiger partial charge in [0.05, 0.1) is 11.3 Å². The predicted molar refractivity (Wildman–Crippen MR) is 71.4 cm³/mol. The molecule has 0 saturated carbocycles. The highest BCUT2D eigenvalue weighted by molar-refractivity contribution is 6.10. The van der Waals surface area contributed by atoms with Crippen LogP contribution in [0.15, 0.2) is 18.0 Å². The van der Waals surface area contributed by atoms with E-state index in [1.54, 1.807) is 11.6 Å². The molecule has 1 heterocycles. The zero-order valence-electron chi connectivity index (χ0n) is 11.4. The molecule has 0 radical (unpaired) electrons. The van der Waals surface area contributed by atoms with Crippen molar-refractivity contribution < 1.29 is 14.7 Å². The third-order valence-electron chi connectivity index (χ3n) is 3.31. The molecule has 19 heavy (non-hydrogen) atoms. The van der Waals surface area contributed by atoms with Crippen LogP contribution in [0.2, 0.25) is 0 Å². The number of hydrogen-bond donors (Lipinski definition) is 1. The number of carboxylic acid groups (broad SMARTS) is 1. The molecule has 0 unspecified atom stereocenters. The number of carbonyl (C=O) groups is 2. The number of rotatable bonds is 2. The Kier molecular flexibility index (Phi) is 3.46. The fourth-order valence-corrected chi connectivity index (χ4v) is 2.57. The van der Waals surface area contributed by atoms with Crippen molar-refractivity contribution in [1.29, 1.82) is 0 Å². The summed E-state index contributed by atoms with van der Waals surface area (Å²) in [4.78, 5) is 25.6. The molecule has 0 amide bonds. The molecule has 1 N–H and O–H groups in total. The molecular formula is C14H18N2O3. The first-order chi connectivity index (χ1) is 8.91. The maximum Gasteiger partial charge on any atom is 0.337 e. The van der Waals surface area contributed by atoms with E-state index in [1.165, 1.54) is 6.20 Å². The first-order valence-corrected chi connectivity index (χ1v) is 6.25. The van der Waals surface area contributed by atoms with Crippen LogP contribution >= 0.6 is 0 Å². The van der Waals surface area contributed by atoms with Crippen LogP contribution in [-0.2, 0) is 13.5 Å². The first kappa shape index (κ1) is 13.4. The van der Waals surface area contributed by atoms with Crippen LogP contribution in [0, 0.1) is 0 Å². The van der Waals surface area contributed by atoms with E-state index >= 15 is 0 Å². The van der Waals surface area contributed by atoms with Gasteiger partial charge in [0.1, 0.15) is 0 Å². The highest BCUT2D eigenvalue weighted by Gasteiger charge is 2.28. The van der Waals surface area contributed by atoms with E-state index in [1.807, 2.05) is 25.2 Å². The molecule has 0 saturated heterocycles. The maximum absolute atomic E-state index is 12.5. The average molecular weight is 262 g/mol. The highest BCUT2D eigenvalue weighted by Crippen LogP contribution is 2.28. The third-order valence-corrected chi connectivity index (χ3v) is 3.31. The van der Waals surface area contributed by atoms with E-state index < -0.39 is 5.97 Å². The van der Waals surface area contributed by atoms with Crippen LogP contribution in [0.1, 0.15) is 39.3 Å². The lowest BCUT2D eigenvalue weighted by Crippen LogP contribution is -2.12. The third kappa shape index (κ3) is 2.41. The molecule has 2 rings (SSSR count). The molecule has 102 valence electrons. The summed E-state index contributed by atoms with van der Waals surface area (Å²) < 4.78 is 1.63. The molecule has 5 heteroatoms. The Morgan fingerprint density at radius 1 is 1.42 bits per heavy atom. The quantitative estimate of drug-likeness (QED) is 0.650. The van der Waals surface area contributed by atoms with E-state index in [4.69, 9.17) is 0 Å². The minimum Gasteiger partial charge on any atom is -0.478 e. The minimum absolute atomic E-state index is 0.0591. The minimum atomic E-state index is -0.968. The molecule has 1 aliphatic rings. The maximum atomic E-state index is 12.5. The van der Waals surface area contributed by atoms with Crippen LogP contribution < -0.4 is 0 Å². The number of aromatic carboxylic acids is 1. The standard InChI is InChI=1S/C14H18N2O3/c1-15(2)7-9-5-4-6-10-11(14(18)19)8-16(3)12(10)13(9)17/h7-8H,4-6H2,1-3H3,(H,18,19). The summed E-state index contributed by atoms with van der Waals surface area (Å²) in [5.41, 5.74) is 2.17. The molecule has 0 atom stereocenters. The summed E-state index contributed by atoms with van der Waals surface area (Å²) >= 11 is 0. The molecule has 5 nitrogen and oxygen atoms in total. The lowest BCUT2D eigenvalue weighted by atomic mass is 10.1. The average Bonchev–Trinajstić information content (AvgIpc) is 2.55. The summed E-state index contributed by atoms with van der Waals surface area (Å²) in [5, 5.41) is 9.20. The van der Waals surface area contributed by atoms with Crippen LogP contribution in [0.3, 0.4) is 0 Å². The van der Waals surface area contributed by atoms with Crippen molar-refractivity contribution in [3.8, 4) is 0 Å². The second kappa shape index (κ2) is 4.91. The van der Waals surface area contributed by atoms with Crippen molar-refractivity contribution in [3.05, 3.63) is 34.8 Å². The van der Waals surface area contributed by atoms with E-state index in [0.717, 1.165) is 12.0 Å². The second-order valence-electron chi connectivity index (χ2n) is 5.09. The fourth-order valence-electron chi connectivity index (χ4n) is 2.57. The lowest BCUT2D eigenvalue weighted by molar-refractivity contribution is 0.0695. The first-order valence-electron chi connectivity index (χ1n) is 6.25. The summed E-state index contributed by atoms with van der Waals surface area (Å²) in [6, 6.07) is 0. The molecule has 0 fully saturated rings. The van der Waals surface area contributed by atoms with E-state index in [2.05, 4.69) is 0 Å². The zero-order valence-corrected chi connectivity index (χ0v) is 11.4. The van der Waals surface area contributed by atoms with Crippen LogP contribution in [0.5, 0.6) is 0 Å². The van der Waals surface area contributed by atoms with Gasteiger partial charge >= 0.3 is 5.97 Å². The number of carbonyl (C=O) groups excluding carboxylic acids is 1. The number of hydrogen-bond acceptors (Lipinski definition) is 3. The van der Waals surface area contributed by atoms with Crippen LogP contribution in [0.4, 0.5) is 0 Å². The summed E-state index contributed by atoms with van der Waals surface area (Å²) in [6.45, 7) is 0. The zero-order chi connectivity index (χ0) is 14.2. The molecular weight excluding hydrogens is 244 g/mol. The molecule has 0 spiro atoms. The SMILES string of the molecule is CN(C)C=C1CCCc2c(C(=O)O)cn(C)c2C1=O. The normalized spacial score (nSPS) is 17.2.